The van der Waals surface area contributed by atoms with Gasteiger partial charge in [-0.2, -0.15) is 13.2 Å². The normalized spacial score (nSPS) is 14.5. The summed E-state index contributed by atoms with van der Waals surface area (Å²) in [6, 6.07) is 5.83. The maximum absolute atomic E-state index is 12.5. The molecular weight excluding hydrogens is 251 g/mol. The van der Waals surface area contributed by atoms with Gasteiger partial charge in [-0.3, -0.25) is 0 Å². The van der Waals surface area contributed by atoms with Crippen LogP contribution in [0.5, 0.6) is 0 Å². The second-order valence-electron chi connectivity index (χ2n) is 5.62. The molecule has 0 saturated heterocycles. The third kappa shape index (κ3) is 4.53. The summed E-state index contributed by atoms with van der Waals surface area (Å²) in [6.07, 6.45) is -3.38. The van der Waals surface area contributed by atoms with Crippen LogP contribution in [0.4, 0.5) is 13.2 Å². The first kappa shape index (κ1) is 16.0. The molecule has 19 heavy (non-hydrogen) atoms. The molecule has 0 aliphatic rings. The van der Waals surface area contributed by atoms with Crippen LogP contribution in [0.3, 0.4) is 0 Å². The minimum atomic E-state index is -4.26. The van der Waals surface area contributed by atoms with E-state index >= 15 is 0 Å². The van der Waals surface area contributed by atoms with Gasteiger partial charge < -0.3 is 5.32 Å². The van der Waals surface area contributed by atoms with E-state index in [0.717, 1.165) is 30.7 Å². The summed E-state index contributed by atoms with van der Waals surface area (Å²) < 4.78 is 37.5. The van der Waals surface area contributed by atoms with Crippen LogP contribution in [-0.4, -0.2) is 12.6 Å². The van der Waals surface area contributed by atoms with Gasteiger partial charge in [0.15, 0.2) is 0 Å². The van der Waals surface area contributed by atoms with Gasteiger partial charge in [0.05, 0.1) is 5.56 Å². The molecule has 0 aromatic heterocycles. The van der Waals surface area contributed by atoms with Crippen molar-refractivity contribution in [2.75, 3.05) is 6.54 Å². The van der Waals surface area contributed by atoms with Gasteiger partial charge in [0, 0.05) is 6.04 Å². The summed E-state index contributed by atoms with van der Waals surface area (Å²) in [7, 11) is 0. The van der Waals surface area contributed by atoms with Gasteiger partial charge in [-0.15, -0.1) is 0 Å². The fourth-order valence-electron chi connectivity index (χ4n) is 2.41. The van der Waals surface area contributed by atoms with E-state index < -0.39 is 11.7 Å². The molecule has 0 aliphatic carbocycles. The molecular formula is C15H22F3N. The quantitative estimate of drug-likeness (QED) is 0.840. The number of rotatable bonds is 5. The van der Waals surface area contributed by atoms with Gasteiger partial charge in [0.1, 0.15) is 0 Å². The van der Waals surface area contributed by atoms with Gasteiger partial charge in [-0.05, 0) is 43.0 Å². The molecule has 108 valence electrons. The lowest BCUT2D eigenvalue weighted by molar-refractivity contribution is -0.137. The van der Waals surface area contributed by atoms with E-state index in [4.69, 9.17) is 0 Å². The summed E-state index contributed by atoms with van der Waals surface area (Å²) in [5.74, 6) is 0. The van der Waals surface area contributed by atoms with Gasteiger partial charge in [0.2, 0.25) is 0 Å². The maximum Gasteiger partial charge on any atom is 0.416 e. The van der Waals surface area contributed by atoms with E-state index in [1.807, 2.05) is 6.92 Å². The Kier molecular flexibility index (Phi) is 5.02. The number of nitrogens with one attached hydrogen (secondary N) is 1. The van der Waals surface area contributed by atoms with Crippen LogP contribution < -0.4 is 5.32 Å². The van der Waals surface area contributed by atoms with E-state index in [2.05, 4.69) is 26.1 Å². The van der Waals surface area contributed by atoms with Gasteiger partial charge in [0.25, 0.3) is 0 Å². The van der Waals surface area contributed by atoms with E-state index in [0.29, 0.717) is 6.04 Å². The maximum atomic E-state index is 12.5. The lowest BCUT2D eigenvalue weighted by Crippen LogP contribution is -2.33. The summed E-state index contributed by atoms with van der Waals surface area (Å²) in [6.45, 7) is 9.15. The van der Waals surface area contributed by atoms with Crippen LogP contribution in [0.25, 0.3) is 0 Å². The SMILES string of the molecule is CCNC(C)CC(C)(C)c1ccc(C(F)(F)F)cc1. The highest BCUT2D eigenvalue weighted by Gasteiger charge is 2.31. The molecule has 1 aromatic carbocycles. The summed E-state index contributed by atoms with van der Waals surface area (Å²) >= 11 is 0. The molecule has 1 aromatic rings. The molecule has 0 spiro atoms. The fourth-order valence-corrected chi connectivity index (χ4v) is 2.41. The molecule has 0 amide bonds. The molecule has 0 saturated carbocycles. The van der Waals surface area contributed by atoms with Gasteiger partial charge >= 0.3 is 6.18 Å². The topological polar surface area (TPSA) is 12.0 Å². The number of hydrogen-bond donors (Lipinski definition) is 1. The highest BCUT2D eigenvalue weighted by atomic mass is 19.4. The third-order valence-corrected chi connectivity index (χ3v) is 3.36. The van der Waals surface area contributed by atoms with Crippen LogP contribution in [0.1, 0.15) is 45.2 Å². The van der Waals surface area contributed by atoms with Crippen LogP contribution in [0.15, 0.2) is 24.3 Å². The minimum Gasteiger partial charge on any atom is -0.315 e. The second-order valence-corrected chi connectivity index (χ2v) is 5.62. The van der Waals surface area contributed by atoms with E-state index in [1.54, 1.807) is 12.1 Å². The molecule has 4 heteroatoms. The van der Waals surface area contributed by atoms with Crippen molar-refractivity contribution in [3.05, 3.63) is 35.4 Å². The number of alkyl halides is 3. The number of hydrogen-bond acceptors (Lipinski definition) is 1. The Bertz CT molecular complexity index is 393. The van der Waals surface area contributed by atoms with Crippen LogP contribution in [0, 0.1) is 0 Å². The lowest BCUT2D eigenvalue weighted by atomic mass is 9.79. The Balaban J connectivity index is 2.84. The zero-order chi connectivity index (χ0) is 14.7. The Labute approximate surface area is 113 Å². The first-order valence-corrected chi connectivity index (χ1v) is 6.58. The van der Waals surface area contributed by atoms with Crippen molar-refractivity contribution >= 4 is 0 Å². The standard InChI is InChI=1S/C15H22F3N/c1-5-19-11(2)10-14(3,4)12-6-8-13(9-7-12)15(16,17)18/h6-9,11,19H,5,10H2,1-4H3. The predicted molar refractivity (Wildman–Crippen MR) is 72.2 cm³/mol. The lowest BCUT2D eigenvalue weighted by Gasteiger charge is -2.29. The van der Waals surface area contributed by atoms with Crippen LogP contribution in [0.2, 0.25) is 0 Å². The number of halogens is 3. The van der Waals surface area contributed by atoms with E-state index in [9.17, 15) is 13.2 Å². The molecule has 1 nitrogen and oxygen atoms in total. The van der Waals surface area contributed by atoms with Crippen molar-refractivity contribution in [3.63, 3.8) is 0 Å². The molecule has 1 rings (SSSR count). The van der Waals surface area contributed by atoms with E-state index in [1.165, 1.54) is 0 Å². The first-order chi connectivity index (χ1) is 8.66. The molecule has 1 atom stereocenters. The molecule has 0 aliphatic heterocycles. The van der Waals surface area contributed by atoms with E-state index in [-0.39, 0.29) is 5.41 Å². The zero-order valence-electron chi connectivity index (χ0n) is 11.9. The van der Waals surface area contributed by atoms with Crippen molar-refractivity contribution in [2.24, 2.45) is 0 Å². The summed E-state index contributed by atoms with van der Waals surface area (Å²) in [5, 5.41) is 3.33. The van der Waals surface area contributed by atoms with Gasteiger partial charge in [-0.1, -0.05) is 32.9 Å². The van der Waals surface area contributed by atoms with Crippen LogP contribution >= 0.6 is 0 Å². The number of benzene rings is 1. The molecule has 0 heterocycles. The Morgan fingerprint density at radius 1 is 1.05 bits per heavy atom. The Hall–Kier alpha value is -1.03. The molecule has 1 N–H and O–H groups in total. The van der Waals surface area contributed by atoms with Crippen molar-refractivity contribution in [3.8, 4) is 0 Å². The molecule has 0 bridgehead atoms. The second kappa shape index (κ2) is 5.95. The largest absolute Gasteiger partial charge is 0.416 e. The molecule has 1 unspecified atom stereocenters. The zero-order valence-corrected chi connectivity index (χ0v) is 11.9. The van der Waals surface area contributed by atoms with Crippen molar-refractivity contribution in [1.29, 1.82) is 0 Å². The average molecular weight is 273 g/mol. The highest BCUT2D eigenvalue weighted by Crippen LogP contribution is 2.33. The summed E-state index contributed by atoms with van der Waals surface area (Å²) in [5.41, 5.74) is 0.197. The summed E-state index contributed by atoms with van der Waals surface area (Å²) in [4.78, 5) is 0. The molecule has 0 fully saturated rings. The van der Waals surface area contributed by atoms with Crippen LogP contribution in [-0.2, 0) is 11.6 Å². The fraction of sp³-hybridized carbons (Fsp3) is 0.600. The minimum absolute atomic E-state index is 0.147. The predicted octanol–water partition coefficient (Wildman–Crippen LogP) is 4.37. The Morgan fingerprint density at radius 3 is 1.95 bits per heavy atom. The molecule has 0 radical (unpaired) electrons. The van der Waals surface area contributed by atoms with Crippen molar-refractivity contribution in [1.82, 2.24) is 5.32 Å². The van der Waals surface area contributed by atoms with Crippen molar-refractivity contribution < 1.29 is 13.2 Å². The monoisotopic (exact) mass is 273 g/mol. The van der Waals surface area contributed by atoms with Gasteiger partial charge in [-0.25, -0.2) is 0 Å². The smallest absolute Gasteiger partial charge is 0.315 e. The van der Waals surface area contributed by atoms with Crippen molar-refractivity contribution in [2.45, 2.75) is 51.7 Å². The highest BCUT2D eigenvalue weighted by molar-refractivity contribution is 5.29. The first-order valence-electron chi connectivity index (χ1n) is 6.58. The Morgan fingerprint density at radius 2 is 1.53 bits per heavy atom. The third-order valence-electron chi connectivity index (χ3n) is 3.36. The average Bonchev–Trinajstić information content (AvgIpc) is 2.27.